The smallest absolute Gasteiger partial charge is 0.252 e. The molecule has 3 aromatic heterocycles. The van der Waals surface area contributed by atoms with E-state index in [1.54, 1.807) is 0 Å². The highest BCUT2D eigenvalue weighted by Gasteiger charge is 2.45. The normalized spacial score (nSPS) is 12.9. The Morgan fingerprint density at radius 3 is 1.22 bits per heavy atom. The first-order valence-corrected chi connectivity index (χ1v) is 21.9. The minimum absolute atomic E-state index is 0.0752. The second-order valence-electron chi connectivity index (χ2n) is 16.8. The molecule has 0 saturated heterocycles. The number of hydrogen-bond acceptors (Lipinski definition) is 4. The highest BCUT2D eigenvalue weighted by Crippen LogP contribution is 2.53. The lowest BCUT2D eigenvalue weighted by atomic mass is 9.33. The standard InChI is InChI=1S/C58H36BN3O2/c1-3-19-37(20-4-1)57-55(42-25-9-17-33-52(42)63-57)61-48-31-15-11-27-44(48)59-45-28-12-16-32-49(45)62(56-43-26-10-18-34-53(43)64-58(56)38-21-5-2-6-22-38)51-36-39(35-50(61)54(51)59)60-46-29-13-7-23-40(46)41-24-8-14-30-47(41)60/h1-36H. The summed E-state index contributed by atoms with van der Waals surface area (Å²) in [7, 11) is 0. The Kier molecular flexibility index (Phi) is 7.42. The van der Waals surface area contributed by atoms with Crippen LogP contribution in [-0.2, 0) is 0 Å². The summed E-state index contributed by atoms with van der Waals surface area (Å²) in [5, 5.41) is 4.52. The van der Waals surface area contributed by atoms with Crippen LogP contribution in [0.1, 0.15) is 0 Å². The van der Waals surface area contributed by atoms with E-state index in [4.69, 9.17) is 8.83 Å². The van der Waals surface area contributed by atoms with Gasteiger partial charge in [-0.15, -0.1) is 0 Å². The summed E-state index contributed by atoms with van der Waals surface area (Å²) in [6, 6.07) is 78.3. The zero-order valence-electron chi connectivity index (χ0n) is 34.5. The molecule has 6 heteroatoms. The van der Waals surface area contributed by atoms with Gasteiger partial charge in [0.1, 0.15) is 22.5 Å². The Hall–Kier alpha value is -8.48. The summed E-state index contributed by atoms with van der Waals surface area (Å²) in [5.41, 5.74) is 17.2. The van der Waals surface area contributed by atoms with Gasteiger partial charge in [-0.1, -0.05) is 158 Å². The van der Waals surface area contributed by atoms with Gasteiger partial charge >= 0.3 is 0 Å². The van der Waals surface area contributed by atoms with Gasteiger partial charge in [0.25, 0.3) is 6.71 Å². The Bertz CT molecular complexity index is 3580. The summed E-state index contributed by atoms with van der Waals surface area (Å²) < 4.78 is 16.4. The van der Waals surface area contributed by atoms with E-state index < -0.39 is 0 Å². The number of benzene rings is 9. The van der Waals surface area contributed by atoms with E-state index in [1.165, 1.54) is 27.2 Å². The molecule has 0 saturated carbocycles. The molecular formula is C58H36BN3O2. The SMILES string of the molecule is c1ccc(-c2oc3ccccc3c2N2c3ccccc3B3c4ccccc4N(c4c(-c5ccccc5)oc5ccccc45)c4cc(-n5c6ccccc6c6ccccc65)cc2c43)cc1. The molecule has 298 valence electrons. The molecular weight excluding hydrogens is 781 g/mol. The molecule has 0 unspecified atom stereocenters. The molecule has 5 heterocycles. The van der Waals surface area contributed by atoms with Gasteiger partial charge in [0.15, 0.2) is 11.5 Å². The molecule has 0 atom stereocenters. The van der Waals surface area contributed by atoms with Crippen LogP contribution in [0.4, 0.5) is 34.1 Å². The van der Waals surface area contributed by atoms with Crippen molar-refractivity contribution < 1.29 is 8.83 Å². The lowest BCUT2D eigenvalue weighted by molar-refractivity contribution is 0.631. The minimum atomic E-state index is -0.0752. The van der Waals surface area contributed by atoms with Crippen molar-refractivity contribution in [2.45, 2.75) is 0 Å². The topological polar surface area (TPSA) is 37.7 Å². The van der Waals surface area contributed by atoms with Gasteiger partial charge in [-0.05, 0) is 77.1 Å². The maximum Gasteiger partial charge on any atom is 0.252 e. The maximum absolute atomic E-state index is 6.96. The number of furan rings is 2. The van der Waals surface area contributed by atoms with Crippen LogP contribution in [0.15, 0.2) is 227 Å². The number of hydrogen-bond donors (Lipinski definition) is 0. The molecule has 12 aromatic rings. The van der Waals surface area contributed by atoms with Gasteiger partial charge in [0.2, 0.25) is 0 Å². The number of fused-ring (bicyclic) bond motifs is 9. The van der Waals surface area contributed by atoms with Crippen LogP contribution in [0.25, 0.3) is 72.1 Å². The van der Waals surface area contributed by atoms with E-state index in [0.717, 1.165) is 95.4 Å². The molecule has 0 aliphatic carbocycles. The Morgan fingerprint density at radius 2 is 0.734 bits per heavy atom. The summed E-state index contributed by atoms with van der Waals surface area (Å²) in [6.07, 6.45) is 0. The molecule has 64 heavy (non-hydrogen) atoms. The molecule has 9 aromatic carbocycles. The molecule has 0 spiro atoms. The largest absolute Gasteiger partial charge is 0.454 e. The quantitative estimate of drug-likeness (QED) is 0.162. The first-order chi connectivity index (χ1) is 31.8. The van der Waals surface area contributed by atoms with Crippen LogP contribution in [-0.4, -0.2) is 11.3 Å². The molecule has 14 rings (SSSR count). The molecule has 0 radical (unpaired) electrons. The number of para-hydroxylation sites is 6. The van der Waals surface area contributed by atoms with Crippen molar-refractivity contribution in [2.24, 2.45) is 0 Å². The van der Waals surface area contributed by atoms with Crippen LogP contribution in [0.5, 0.6) is 0 Å². The van der Waals surface area contributed by atoms with Crippen molar-refractivity contribution in [1.29, 1.82) is 0 Å². The second kappa shape index (κ2) is 13.5. The Morgan fingerprint density at radius 1 is 0.344 bits per heavy atom. The molecule has 0 bridgehead atoms. The van der Waals surface area contributed by atoms with Gasteiger partial charge in [-0.2, -0.15) is 0 Å². The predicted molar refractivity (Wildman–Crippen MR) is 265 cm³/mol. The first kappa shape index (κ1) is 35.2. The molecule has 0 amide bonds. The van der Waals surface area contributed by atoms with Crippen molar-refractivity contribution >= 4 is 101 Å². The highest BCUT2D eigenvalue weighted by molar-refractivity contribution is 7.00. The van der Waals surface area contributed by atoms with E-state index in [-0.39, 0.29) is 6.71 Å². The van der Waals surface area contributed by atoms with E-state index in [1.807, 2.05) is 0 Å². The summed E-state index contributed by atoms with van der Waals surface area (Å²) in [4.78, 5) is 4.99. The summed E-state index contributed by atoms with van der Waals surface area (Å²) >= 11 is 0. The van der Waals surface area contributed by atoms with Gasteiger partial charge in [0.05, 0.1) is 16.7 Å². The third kappa shape index (κ3) is 4.90. The first-order valence-electron chi connectivity index (χ1n) is 21.9. The van der Waals surface area contributed by atoms with Crippen LogP contribution >= 0.6 is 0 Å². The third-order valence-corrected chi connectivity index (χ3v) is 13.4. The van der Waals surface area contributed by atoms with E-state index in [2.05, 4.69) is 233 Å². The van der Waals surface area contributed by atoms with E-state index in [9.17, 15) is 0 Å². The second-order valence-corrected chi connectivity index (χ2v) is 16.8. The number of nitrogens with zero attached hydrogens (tertiary/aromatic N) is 3. The molecule has 5 nitrogen and oxygen atoms in total. The lowest BCUT2D eigenvalue weighted by Crippen LogP contribution is -2.61. The predicted octanol–water partition coefficient (Wildman–Crippen LogP) is 13.7. The zero-order valence-corrected chi connectivity index (χ0v) is 34.5. The van der Waals surface area contributed by atoms with Crippen LogP contribution in [0.2, 0.25) is 0 Å². The lowest BCUT2D eigenvalue weighted by Gasteiger charge is -2.44. The summed E-state index contributed by atoms with van der Waals surface area (Å²) in [6.45, 7) is -0.0752. The van der Waals surface area contributed by atoms with Crippen LogP contribution in [0, 0.1) is 0 Å². The Balaban J connectivity index is 1.17. The molecule has 2 aliphatic heterocycles. The van der Waals surface area contributed by atoms with Crippen molar-refractivity contribution in [3.8, 4) is 28.3 Å². The van der Waals surface area contributed by atoms with Crippen molar-refractivity contribution in [3.05, 3.63) is 218 Å². The summed E-state index contributed by atoms with van der Waals surface area (Å²) in [5.74, 6) is 1.65. The van der Waals surface area contributed by atoms with Crippen molar-refractivity contribution in [2.75, 3.05) is 9.80 Å². The number of aromatic nitrogens is 1. The average molecular weight is 818 g/mol. The maximum atomic E-state index is 6.96. The van der Waals surface area contributed by atoms with Gasteiger partial charge in [-0.3, -0.25) is 0 Å². The van der Waals surface area contributed by atoms with Gasteiger partial charge in [-0.25, -0.2) is 0 Å². The number of rotatable bonds is 5. The third-order valence-electron chi connectivity index (χ3n) is 13.4. The average Bonchev–Trinajstić information content (AvgIpc) is 4.05. The minimum Gasteiger partial charge on any atom is -0.454 e. The van der Waals surface area contributed by atoms with E-state index >= 15 is 0 Å². The van der Waals surface area contributed by atoms with E-state index in [0.29, 0.717) is 0 Å². The fourth-order valence-corrected chi connectivity index (χ4v) is 10.8. The van der Waals surface area contributed by atoms with Crippen molar-refractivity contribution in [3.63, 3.8) is 0 Å². The molecule has 0 fully saturated rings. The molecule has 2 aliphatic rings. The van der Waals surface area contributed by atoms with Crippen molar-refractivity contribution in [1.82, 2.24) is 4.57 Å². The fourth-order valence-electron chi connectivity index (χ4n) is 10.8. The van der Waals surface area contributed by atoms with Gasteiger partial charge < -0.3 is 23.2 Å². The zero-order chi connectivity index (χ0) is 41.9. The monoisotopic (exact) mass is 817 g/mol. The fraction of sp³-hybridized carbons (Fsp3) is 0. The molecule has 0 N–H and O–H groups in total. The van der Waals surface area contributed by atoms with Gasteiger partial charge in [0, 0.05) is 55.4 Å². The highest BCUT2D eigenvalue weighted by atomic mass is 16.3. The van der Waals surface area contributed by atoms with Crippen LogP contribution < -0.4 is 26.2 Å². The number of anilines is 6. The van der Waals surface area contributed by atoms with Crippen LogP contribution in [0.3, 0.4) is 0 Å². The Labute approximate surface area is 369 Å².